The van der Waals surface area contributed by atoms with Crippen molar-refractivity contribution in [1.29, 1.82) is 5.26 Å². The van der Waals surface area contributed by atoms with Gasteiger partial charge >= 0.3 is 17.9 Å². The monoisotopic (exact) mass is 958 g/mol. The highest BCUT2D eigenvalue weighted by Gasteiger charge is 2.41. The number of carboxylic acids is 3. The molecular weight excluding hydrogens is 908 g/mol. The Hall–Kier alpha value is -5.89. The Morgan fingerprint density at radius 2 is 1.67 bits per heavy atom. The summed E-state index contributed by atoms with van der Waals surface area (Å²) in [6, 6.07) is 27.6. The summed E-state index contributed by atoms with van der Waals surface area (Å²) in [6.45, 7) is 5.42. The van der Waals surface area contributed by atoms with Crippen LogP contribution in [0.25, 0.3) is 10.8 Å². The summed E-state index contributed by atoms with van der Waals surface area (Å²) < 4.78 is 18.1. The number of aliphatic hydroxyl groups is 1. The second-order valence-electron chi connectivity index (χ2n) is 16.1. The lowest BCUT2D eigenvalue weighted by Gasteiger charge is -2.35. The maximum Gasteiger partial charge on any atom is 0.336 e. The number of amides is 1. The molecule has 5 aromatic rings. The Morgan fingerprint density at radius 3 is 2.24 bits per heavy atom. The largest absolute Gasteiger partial charge is 0.497 e. The molecule has 348 valence electrons. The van der Waals surface area contributed by atoms with Crippen LogP contribution in [0, 0.1) is 11.3 Å². The zero-order chi connectivity index (χ0) is 48.1. The number of nitriles is 1. The van der Waals surface area contributed by atoms with Gasteiger partial charge in [0.2, 0.25) is 0 Å². The first-order valence-corrected chi connectivity index (χ1v) is 23.5. The smallest absolute Gasteiger partial charge is 0.336 e. The van der Waals surface area contributed by atoms with Crippen molar-refractivity contribution in [3.05, 3.63) is 135 Å². The van der Waals surface area contributed by atoms with Crippen LogP contribution in [0.4, 0.5) is 0 Å². The van der Waals surface area contributed by atoms with E-state index in [4.69, 9.17) is 48.4 Å². The average Bonchev–Trinajstić information content (AvgIpc) is 3.29. The summed E-state index contributed by atoms with van der Waals surface area (Å²) in [5.74, 6) is -4.16. The molecule has 1 aliphatic rings. The van der Waals surface area contributed by atoms with Crippen LogP contribution in [0.5, 0.6) is 5.75 Å². The Balaban J connectivity index is 0.000000547. The number of fused-ring (bicyclic) bond motifs is 1. The van der Waals surface area contributed by atoms with Gasteiger partial charge in [0.15, 0.2) is 5.60 Å². The van der Waals surface area contributed by atoms with Gasteiger partial charge in [0.25, 0.3) is 5.91 Å². The topological polar surface area (TPSA) is 219 Å². The van der Waals surface area contributed by atoms with E-state index >= 15 is 4.79 Å². The summed E-state index contributed by atoms with van der Waals surface area (Å²) in [6.07, 6.45) is 6.22. The van der Waals surface area contributed by atoms with Crippen LogP contribution in [0.1, 0.15) is 89.0 Å². The van der Waals surface area contributed by atoms with Crippen molar-refractivity contribution in [3.8, 4) is 11.8 Å². The Morgan fingerprint density at radius 1 is 0.970 bits per heavy atom. The molecule has 1 aliphatic heterocycles. The molecule has 0 aliphatic carbocycles. The van der Waals surface area contributed by atoms with E-state index < -0.39 is 47.2 Å². The van der Waals surface area contributed by atoms with Crippen LogP contribution in [0.15, 0.2) is 96.2 Å². The predicted molar refractivity (Wildman–Crippen MR) is 252 cm³/mol. The number of ether oxygens (including phenoxy) is 1. The van der Waals surface area contributed by atoms with Gasteiger partial charge in [-0.25, -0.2) is 4.79 Å². The molecule has 1 fully saturated rings. The number of benzene rings is 4. The molecule has 0 radical (unpaired) electrons. The van der Waals surface area contributed by atoms with Gasteiger partial charge in [-0.1, -0.05) is 72.6 Å². The number of hydrogen-bond donors (Lipinski definition) is 4. The van der Waals surface area contributed by atoms with Crippen molar-refractivity contribution in [2.24, 2.45) is 0 Å². The Bertz CT molecular complexity index is 2600. The second-order valence-corrected chi connectivity index (χ2v) is 18.3. The Labute approximate surface area is 395 Å². The minimum atomic E-state index is -2.74. The minimum absolute atomic E-state index is 0.0608. The van der Waals surface area contributed by atoms with Crippen molar-refractivity contribution >= 4 is 68.6 Å². The van der Waals surface area contributed by atoms with Gasteiger partial charge in [0, 0.05) is 42.6 Å². The number of hydrogen-bond acceptors (Lipinski definition) is 10. The predicted octanol–water partition coefficient (Wildman–Crippen LogP) is 8.17. The van der Waals surface area contributed by atoms with Gasteiger partial charge in [-0.2, -0.15) is 5.26 Å². The zero-order valence-corrected chi connectivity index (χ0v) is 39.1. The van der Waals surface area contributed by atoms with E-state index in [1.807, 2.05) is 84.6 Å². The molecule has 0 spiro atoms. The molecule has 14 nitrogen and oxygen atoms in total. The molecular formula is C49H52Cl2N4O10S. The highest BCUT2D eigenvalue weighted by molar-refractivity contribution is 7.84. The van der Waals surface area contributed by atoms with E-state index in [-0.39, 0.29) is 11.8 Å². The van der Waals surface area contributed by atoms with Gasteiger partial charge in [0.05, 0.1) is 58.0 Å². The maximum atomic E-state index is 15.0. The molecule has 2 heterocycles. The van der Waals surface area contributed by atoms with Crippen LogP contribution >= 0.6 is 23.2 Å². The number of aliphatic carboxylic acids is 3. The lowest BCUT2D eigenvalue weighted by atomic mass is 9.88. The van der Waals surface area contributed by atoms with E-state index in [0.717, 1.165) is 82.6 Å². The van der Waals surface area contributed by atoms with Gasteiger partial charge in [-0.3, -0.25) is 23.6 Å². The minimum Gasteiger partial charge on any atom is -0.497 e. The number of pyridine rings is 1. The van der Waals surface area contributed by atoms with Crippen LogP contribution in [-0.2, 0) is 38.1 Å². The maximum absolute atomic E-state index is 15.0. The number of carbonyl (C=O) groups is 4. The van der Waals surface area contributed by atoms with Crippen LogP contribution in [0.2, 0.25) is 10.0 Å². The van der Waals surface area contributed by atoms with Gasteiger partial charge in [-0.05, 0) is 121 Å². The first-order chi connectivity index (χ1) is 31.5. The fourth-order valence-electron chi connectivity index (χ4n) is 8.33. The first-order valence-electron chi connectivity index (χ1n) is 21.2. The summed E-state index contributed by atoms with van der Waals surface area (Å²) in [4.78, 5) is 55.1. The Kier molecular flexibility index (Phi) is 18.2. The van der Waals surface area contributed by atoms with E-state index in [2.05, 4.69) is 22.0 Å². The van der Waals surface area contributed by atoms with Gasteiger partial charge < -0.3 is 35.0 Å². The lowest BCUT2D eigenvalue weighted by molar-refractivity contribution is -0.170. The second kappa shape index (κ2) is 23.5. The summed E-state index contributed by atoms with van der Waals surface area (Å²) >= 11 is 13.0. The number of halogens is 2. The standard InChI is InChI=1S/C43H44Cl2N4O3S.C6H8O7/c1-4-36-34(25-46)22-32-9-5-6-10-38(32)42(36)43(50)49(27-29-8-7-18-47-26-29)28-33(31-11-14-39(44)40(45)23-31)17-21-48-19-15-30(16-20-48)37-13-12-35(52-2)24-41(37)53(3)51;7-3(8)1-6(13,5(11)12)2-4(9)10/h5-14,18,22-24,26,30,33H,4,15-17,19-21,27-28H2,1-3H3;13H,1-2H2,(H,7,8)(H,9,10)(H,11,12)/t33-,53+;/m1./s1. The van der Waals surface area contributed by atoms with Crippen LogP contribution in [-0.4, -0.2) is 108 Å². The van der Waals surface area contributed by atoms with E-state index in [0.29, 0.717) is 46.6 Å². The van der Waals surface area contributed by atoms with E-state index in [1.54, 1.807) is 25.8 Å². The molecule has 1 saturated heterocycles. The number of aromatic nitrogens is 1. The highest BCUT2D eigenvalue weighted by atomic mass is 35.5. The molecule has 1 amide bonds. The lowest BCUT2D eigenvalue weighted by Crippen LogP contribution is -2.42. The normalized spacial score (nSPS) is 14.0. The number of piperidine rings is 1. The number of nitrogens with zero attached hydrogens (tertiary/aromatic N) is 4. The molecule has 2 atom stereocenters. The summed E-state index contributed by atoms with van der Waals surface area (Å²) in [5, 5.41) is 46.6. The van der Waals surface area contributed by atoms with E-state index in [9.17, 15) is 23.9 Å². The van der Waals surface area contributed by atoms with Gasteiger partial charge in [0.1, 0.15) is 5.75 Å². The number of rotatable bonds is 18. The molecule has 4 N–H and O–H groups in total. The highest BCUT2D eigenvalue weighted by Crippen LogP contribution is 2.36. The fourth-order valence-corrected chi connectivity index (χ4v) is 9.49. The molecule has 0 saturated carbocycles. The van der Waals surface area contributed by atoms with Crippen LogP contribution in [0.3, 0.4) is 0 Å². The third-order valence-electron chi connectivity index (χ3n) is 11.7. The number of likely N-dealkylation sites (tertiary alicyclic amines) is 1. The third kappa shape index (κ3) is 13.1. The molecule has 0 bridgehead atoms. The van der Waals surface area contributed by atoms with Crippen molar-refractivity contribution < 1.29 is 48.6 Å². The SMILES string of the molecule is CCc1c(C#N)cc2ccccc2c1C(=O)N(Cc1cccnc1)C[C@@H](CCN1CCC(c2ccc(OC)cc2[S@](C)=O)CC1)c1ccc(Cl)c(Cl)c1.O=C(O)CC(O)(CC(=O)O)C(=O)O. The van der Waals surface area contributed by atoms with Crippen molar-refractivity contribution in [1.82, 2.24) is 14.8 Å². The quantitative estimate of drug-likeness (QED) is 0.0652. The molecule has 0 unspecified atom stereocenters. The fraction of sp³-hybridized carbons (Fsp3) is 0.347. The van der Waals surface area contributed by atoms with E-state index in [1.165, 1.54) is 0 Å². The number of methoxy groups -OCH3 is 1. The number of carboxylic acid groups (broad SMARTS) is 3. The molecule has 1 aromatic heterocycles. The molecule has 4 aromatic carbocycles. The molecule has 6 rings (SSSR count). The van der Waals surface area contributed by atoms with Gasteiger partial charge in [-0.15, -0.1) is 0 Å². The van der Waals surface area contributed by atoms with Crippen LogP contribution < -0.4 is 4.74 Å². The van der Waals surface area contributed by atoms with Crippen molar-refractivity contribution in [2.45, 2.75) is 74.3 Å². The zero-order valence-electron chi connectivity index (χ0n) is 36.8. The molecule has 66 heavy (non-hydrogen) atoms. The molecule has 17 heteroatoms. The van der Waals surface area contributed by atoms with Crippen molar-refractivity contribution in [2.75, 3.05) is 39.5 Å². The number of carbonyl (C=O) groups excluding carboxylic acids is 1. The third-order valence-corrected chi connectivity index (χ3v) is 13.4. The average molecular weight is 960 g/mol. The summed E-state index contributed by atoms with van der Waals surface area (Å²) in [7, 11) is 0.517. The van der Waals surface area contributed by atoms with Crippen molar-refractivity contribution in [3.63, 3.8) is 0 Å². The first kappa shape index (κ1) is 51.1. The summed E-state index contributed by atoms with van der Waals surface area (Å²) in [5.41, 5.74) is 2.19.